The van der Waals surface area contributed by atoms with Gasteiger partial charge in [-0.3, -0.25) is 9.36 Å². The van der Waals surface area contributed by atoms with Crippen molar-refractivity contribution in [3.05, 3.63) is 27.1 Å². The molecule has 0 saturated carbocycles. The fraction of sp³-hybridized carbons (Fsp3) is 0.533. The zero-order valence-corrected chi connectivity index (χ0v) is 14.4. The Morgan fingerprint density at radius 3 is 2.96 bits per heavy atom. The maximum atomic E-state index is 12.7. The third kappa shape index (κ3) is 2.84. The Morgan fingerprint density at radius 1 is 1.48 bits per heavy atom. The summed E-state index contributed by atoms with van der Waals surface area (Å²) in [6.45, 7) is 2.14. The van der Waals surface area contributed by atoms with Gasteiger partial charge in [0.05, 0.1) is 31.4 Å². The van der Waals surface area contributed by atoms with Crippen molar-refractivity contribution in [2.24, 2.45) is 0 Å². The summed E-state index contributed by atoms with van der Waals surface area (Å²) in [6, 6.07) is -0.00132. The van der Waals surface area contributed by atoms with E-state index in [0.717, 1.165) is 15.3 Å². The molecule has 0 bridgehead atoms. The van der Waals surface area contributed by atoms with Crippen LogP contribution in [0.1, 0.15) is 10.4 Å². The molecule has 0 aliphatic carbocycles. The van der Waals surface area contributed by atoms with Crippen LogP contribution >= 0.6 is 11.3 Å². The van der Waals surface area contributed by atoms with E-state index in [1.807, 2.05) is 0 Å². The van der Waals surface area contributed by atoms with Gasteiger partial charge in [0.1, 0.15) is 4.83 Å². The maximum Gasteiger partial charge on any atom is 0.319 e. The number of thiophene rings is 1. The first-order chi connectivity index (χ1) is 11.0. The molecule has 2 aromatic rings. The van der Waals surface area contributed by atoms with Gasteiger partial charge in [-0.25, -0.2) is 9.78 Å². The van der Waals surface area contributed by atoms with Gasteiger partial charge < -0.3 is 14.5 Å². The predicted octanol–water partition coefficient (Wildman–Crippen LogP) is 1.14. The van der Waals surface area contributed by atoms with Gasteiger partial charge in [-0.05, 0) is 12.0 Å². The van der Waals surface area contributed by atoms with Crippen molar-refractivity contribution in [2.75, 3.05) is 34.4 Å². The Bertz CT molecular complexity index is 796. The molecule has 1 aliphatic heterocycles. The number of nitrogens with zero attached hydrogens (tertiary/aromatic N) is 4. The van der Waals surface area contributed by atoms with Gasteiger partial charge in [-0.1, -0.05) is 0 Å². The van der Waals surface area contributed by atoms with E-state index in [2.05, 4.69) is 4.98 Å². The molecule has 0 N–H and O–H groups in total. The van der Waals surface area contributed by atoms with Crippen LogP contribution in [0.15, 0.2) is 11.1 Å². The molecule has 2 amide bonds. The number of methoxy groups -OCH3 is 1. The Labute approximate surface area is 138 Å². The summed E-state index contributed by atoms with van der Waals surface area (Å²) in [4.78, 5) is 34.4. The number of ether oxygens (including phenoxy) is 1. The van der Waals surface area contributed by atoms with Crippen LogP contribution < -0.4 is 5.56 Å². The first-order valence-electron chi connectivity index (χ1n) is 7.47. The van der Waals surface area contributed by atoms with E-state index in [0.29, 0.717) is 38.0 Å². The summed E-state index contributed by atoms with van der Waals surface area (Å²) < 4.78 is 6.63. The normalized spacial score (nSPS) is 14.1. The van der Waals surface area contributed by atoms with Crippen LogP contribution in [0.25, 0.3) is 10.2 Å². The molecule has 1 aliphatic rings. The van der Waals surface area contributed by atoms with Gasteiger partial charge in [0.2, 0.25) is 0 Å². The van der Waals surface area contributed by atoms with E-state index in [1.165, 1.54) is 11.3 Å². The first kappa shape index (κ1) is 15.9. The van der Waals surface area contributed by atoms with Gasteiger partial charge in [0.25, 0.3) is 5.56 Å². The summed E-state index contributed by atoms with van der Waals surface area (Å²) in [5.41, 5.74) is 1.04. The molecule has 0 fully saturated rings. The van der Waals surface area contributed by atoms with E-state index in [-0.39, 0.29) is 11.6 Å². The lowest BCUT2D eigenvalue weighted by atomic mass is 10.1. The molecule has 0 saturated heterocycles. The minimum Gasteiger partial charge on any atom is -0.383 e. The molecule has 2 aromatic heterocycles. The highest BCUT2D eigenvalue weighted by Crippen LogP contribution is 2.32. The number of rotatable bonds is 3. The van der Waals surface area contributed by atoms with Crippen LogP contribution in [0.4, 0.5) is 4.79 Å². The van der Waals surface area contributed by atoms with Crippen LogP contribution in [0.3, 0.4) is 0 Å². The molecule has 7 nitrogen and oxygen atoms in total. The number of fused-ring (bicyclic) bond motifs is 3. The molecule has 0 radical (unpaired) electrons. The van der Waals surface area contributed by atoms with E-state index >= 15 is 0 Å². The van der Waals surface area contributed by atoms with Crippen molar-refractivity contribution >= 4 is 27.6 Å². The molecule has 23 heavy (non-hydrogen) atoms. The van der Waals surface area contributed by atoms with Gasteiger partial charge >= 0.3 is 6.03 Å². The molecule has 3 rings (SSSR count). The number of aromatic nitrogens is 2. The molecular formula is C15H20N4O3S. The monoisotopic (exact) mass is 336 g/mol. The van der Waals surface area contributed by atoms with Gasteiger partial charge in [0, 0.05) is 32.6 Å². The van der Waals surface area contributed by atoms with Crippen molar-refractivity contribution < 1.29 is 9.53 Å². The van der Waals surface area contributed by atoms with Crippen molar-refractivity contribution in [3.63, 3.8) is 0 Å². The third-order valence-corrected chi connectivity index (χ3v) is 5.14. The molecule has 8 heteroatoms. The minimum absolute atomic E-state index is 0.00132. The molecule has 0 spiro atoms. The number of hydrogen-bond donors (Lipinski definition) is 0. The Hall–Kier alpha value is -1.93. The highest BCUT2D eigenvalue weighted by molar-refractivity contribution is 7.18. The highest BCUT2D eigenvalue weighted by Gasteiger charge is 2.26. The maximum absolute atomic E-state index is 12.7. The predicted molar refractivity (Wildman–Crippen MR) is 89.0 cm³/mol. The van der Waals surface area contributed by atoms with Gasteiger partial charge in [-0.15, -0.1) is 11.3 Å². The lowest BCUT2D eigenvalue weighted by molar-refractivity contribution is 0.166. The Morgan fingerprint density at radius 2 is 2.26 bits per heavy atom. The van der Waals surface area contributed by atoms with Gasteiger partial charge in [-0.2, -0.15) is 0 Å². The number of carbonyl (C=O) groups is 1. The zero-order valence-electron chi connectivity index (χ0n) is 13.5. The zero-order chi connectivity index (χ0) is 16.6. The molecule has 0 aromatic carbocycles. The minimum atomic E-state index is -0.0167. The Balaban J connectivity index is 1.98. The van der Waals surface area contributed by atoms with Crippen molar-refractivity contribution in [1.29, 1.82) is 0 Å². The quantitative estimate of drug-likeness (QED) is 0.843. The van der Waals surface area contributed by atoms with Crippen molar-refractivity contribution in [1.82, 2.24) is 19.4 Å². The molecule has 3 heterocycles. The molecule has 0 unspecified atom stereocenters. The second-order valence-electron chi connectivity index (χ2n) is 5.77. The lowest BCUT2D eigenvalue weighted by Crippen LogP contribution is -2.41. The average Bonchev–Trinajstić information content (AvgIpc) is 2.91. The average molecular weight is 336 g/mol. The van der Waals surface area contributed by atoms with Crippen LogP contribution in [0, 0.1) is 0 Å². The number of urea groups is 1. The Kier molecular flexibility index (Phi) is 4.36. The van der Waals surface area contributed by atoms with Crippen molar-refractivity contribution in [2.45, 2.75) is 19.5 Å². The summed E-state index contributed by atoms with van der Waals surface area (Å²) in [5.74, 6) is 0. The largest absolute Gasteiger partial charge is 0.383 e. The summed E-state index contributed by atoms with van der Waals surface area (Å²) in [6.07, 6.45) is 2.27. The van der Waals surface area contributed by atoms with Crippen LogP contribution in [-0.4, -0.2) is 59.7 Å². The van der Waals surface area contributed by atoms with E-state index in [9.17, 15) is 9.59 Å². The fourth-order valence-electron chi connectivity index (χ4n) is 2.81. The van der Waals surface area contributed by atoms with E-state index in [4.69, 9.17) is 4.74 Å². The molecular weight excluding hydrogens is 316 g/mol. The molecule has 124 valence electrons. The third-order valence-electron chi connectivity index (χ3n) is 4.02. The van der Waals surface area contributed by atoms with E-state index < -0.39 is 0 Å². The smallest absolute Gasteiger partial charge is 0.319 e. The molecule has 0 atom stereocenters. The fourth-order valence-corrected chi connectivity index (χ4v) is 4.01. The van der Waals surface area contributed by atoms with Crippen LogP contribution in [-0.2, 0) is 24.2 Å². The van der Waals surface area contributed by atoms with Crippen LogP contribution in [0.5, 0.6) is 0 Å². The summed E-state index contributed by atoms with van der Waals surface area (Å²) in [5, 5.41) is 0.709. The van der Waals surface area contributed by atoms with Gasteiger partial charge in [0.15, 0.2) is 0 Å². The van der Waals surface area contributed by atoms with Crippen LogP contribution in [0.2, 0.25) is 0 Å². The highest BCUT2D eigenvalue weighted by atomic mass is 32.1. The SMILES string of the molecule is COCCn1cnc2sc3c(c2c1=O)CCN(C(=O)N(C)C)C3. The van der Waals surface area contributed by atoms with E-state index in [1.54, 1.807) is 41.9 Å². The first-order valence-corrected chi connectivity index (χ1v) is 8.29. The standard InChI is InChI=1S/C15H20N4O3S/c1-17(2)15(21)18-5-4-10-11(8-18)23-13-12(10)14(20)19(9-16-13)6-7-22-3/h9H,4-8H2,1-3H3. The summed E-state index contributed by atoms with van der Waals surface area (Å²) in [7, 11) is 5.11. The van der Waals surface area contributed by atoms with Crippen molar-refractivity contribution in [3.8, 4) is 0 Å². The number of amides is 2. The second kappa shape index (κ2) is 6.29. The second-order valence-corrected chi connectivity index (χ2v) is 6.85. The topological polar surface area (TPSA) is 67.7 Å². The lowest BCUT2D eigenvalue weighted by Gasteiger charge is -2.29. The number of carbonyl (C=O) groups excluding carboxylic acids is 1. The number of hydrogen-bond acceptors (Lipinski definition) is 5. The summed E-state index contributed by atoms with van der Waals surface area (Å²) >= 11 is 1.51.